The molecule has 2 amide bonds. The fourth-order valence-corrected chi connectivity index (χ4v) is 3.90. The third-order valence-corrected chi connectivity index (χ3v) is 5.70. The van der Waals surface area contributed by atoms with Crippen LogP contribution in [0.4, 0.5) is 5.69 Å². The number of nitrogens with zero attached hydrogens (tertiary/aromatic N) is 1. The molecule has 2 heterocycles. The number of aromatic nitrogens is 2. The van der Waals surface area contributed by atoms with E-state index in [9.17, 15) is 9.59 Å². The number of halogens is 1. The molecule has 0 fully saturated rings. The lowest BCUT2D eigenvalue weighted by Gasteiger charge is -2.06. The Bertz CT molecular complexity index is 1190. The molecule has 0 aliphatic carbocycles. The molecule has 0 spiro atoms. The van der Waals surface area contributed by atoms with E-state index in [0.717, 1.165) is 16.6 Å². The Morgan fingerprint density at radius 3 is 2.77 bits per heavy atom. The molecule has 3 N–H and O–H groups in total. The Morgan fingerprint density at radius 1 is 1.10 bits per heavy atom. The number of nitrogens with one attached hydrogen (secondary N) is 3. The van der Waals surface area contributed by atoms with Crippen molar-refractivity contribution in [1.29, 1.82) is 0 Å². The Labute approximate surface area is 182 Å². The number of hydrogen-bond donors (Lipinski definition) is 3. The third-order valence-electron chi connectivity index (χ3n) is 4.51. The summed E-state index contributed by atoms with van der Waals surface area (Å²) < 4.78 is 0. The molecule has 0 unspecified atom stereocenters. The maximum Gasteiger partial charge on any atom is 0.261 e. The van der Waals surface area contributed by atoms with Gasteiger partial charge in [0, 0.05) is 24.2 Å². The van der Waals surface area contributed by atoms with Crippen molar-refractivity contribution in [2.45, 2.75) is 12.8 Å². The van der Waals surface area contributed by atoms with Crippen molar-refractivity contribution in [1.82, 2.24) is 15.3 Å². The first-order valence-corrected chi connectivity index (χ1v) is 10.7. The number of aromatic amines is 1. The summed E-state index contributed by atoms with van der Waals surface area (Å²) in [5, 5.41) is 8.18. The number of H-pyrrole nitrogens is 1. The van der Waals surface area contributed by atoms with Gasteiger partial charge in [-0.2, -0.15) is 0 Å². The van der Waals surface area contributed by atoms with Gasteiger partial charge in [0.1, 0.15) is 5.82 Å². The van der Waals surface area contributed by atoms with E-state index in [-0.39, 0.29) is 11.8 Å². The van der Waals surface area contributed by atoms with Crippen LogP contribution in [0.15, 0.2) is 60.0 Å². The number of rotatable bonds is 7. The Kier molecular flexibility index (Phi) is 6.11. The first kappa shape index (κ1) is 20.1. The molecular weight excluding hydrogens is 420 g/mol. The summed E-state index contributed by atoms with van der Waals surface area (Å²) in [6.45, 7) is 0.449. The average Bonchev–Trinajstić information content (AvgIpc) is 3.41. The van der Waals surface area contributed by atoms with Gasteiger partial charge in [0.25, 0.3) is 5.91 Å². The normalized spacial score (nSPS) is 10.8. The minimum absolute atomic E-state index is 0.106. The number of carbonyl (C=O) groups is 2. The van der Waals surface area contributed by atoms with E-state index in [1.165, 1.54) is 11.3 Å². The predicted molar refractivity (Wildman–Crippen MR) is 121 cm³/mol. The van der Waals surface area contributed by atoms with Crippen molar-refractivity contribution in [3.63, 3.8) is 0 Å². The Morgan fingerprint density at radius 2 is 1.97 bits per heavy atom. The smallest absolute Gasteiger partial charge is 0.261 e. The first-order valence-electron chi connectivity index (χ1n) is 9.46. The molecule has 6 nitrogen and oxygen atoms in total. The van der Waals surface area contributed by atoms with Crippen LogP contribution in [0.2, 0.25) is 5.02 Å². The number of benzene rings is 2. The highest BCUT2D eigenvalue weighted by atomic mass is 35.5. The van der Waals surface area contributed by atoms with Crippen LogP contribution in [0.1, 0.15) is 22.5 Å². The van der Waals surface area contributed by atoms with Gasteiger partial charge in [-0.15, -0.1) is 11.3 Å². The molecule has 2 aromatic carbocycles. The van der Waals surface area contributed by atoms with E-state index >= 15 is 0 Å². The molecule has 0 aliphatic heterocycles. The molecular formula is C22H19ClN4O2S. The number of anilines is 1. The topological polar surface area (TPSA) is 86.9 Å². The molecule has 0 saturated carbocycles. The zero-order valence-corrected chi connectivity index (χ0v) is 17.5. The van der Waals surface area contributed by atoms with E-state index in [2.05, 4.69) is 20.6 Å². The van der Waals surface area contributed by atoms with Crippen molar-refractivity contribution >= 4 is 51.5 Å². The van der Waals surface area contributed by atoms with Crippen LogP contribution in [-0.2, 0) is 4.79 Å². The lowest BCUT2D eigenvalue weighted by molar-refractivity contribution is -0.116. The summed E-state index contributed by atoms with van der Waals surface area (Å²) in [7, 11) is 0. The van der Waals surface area contributed by atoms with Gasteiger partial charge >= 0.3 is 0 Å². The lowest BCUT2D eigenvalue weighted by Crippen LogP contribution is -2.24. The first-order chi connectivity index (χ1) is 14.6. The van der Waals surface area contributed by atoms with Gasteiger partial charge in [-0.1, -0.05) is 29.8 Å². The monoisotopic (exact) mass is 438 g/mol. The zero-order chi connectivity index (χ0) is 20.9. The standard InChI is InChI=1S/C22H19ClN4O2S/c23-16-6-2-1-5-15(16)21-26-17-10-9-14(13-18(17)27-21)25-20(28)8-3-11-24-22(29)19-7-4-12-30-19/h1-2,4-7,9-10,12-13H,3,8,11H2,(H,24,29)(H,25,28)(H,26,27). The van der Waals surface area contributed by atoms with Crippen molar-refractivity contribution in [2.75, 3.05) is 11.9 Å². The number of carbonyl (C=O) groups excluding carboxylic acids is 2. The SMILES string of the molecule is O=C(CCCNC(=O)c1cccs1)Nc1ccc2nc(-c3ccccc3Cl)[nH]c2c1. The number of hydrogen-bond acceptors (Lipinski definition) is 4. The number of imidazole rings is 1. The summed E-state index contributed by atoms with van der Waals surface area (Å²) in [6.07, 6.45) is 0.877. The molecule has 0 bridgehead atoms. The van der Waals surface area contributed by atoms with Crippen LogP contribution in [0.5, 0.6) is 0 Å². The third kappa shape index (κ3) is 4.69. The highest BCUT2D eigenvalue weighted by Crippen LogP contribution is 2.28. The number of amides is 2. The second-order valence-electron chi connectivity index (χ2n) is 6.68. The molecule has 4 aromatic rings. The van der Waals surface area contributed by atoms with Gasteiger partial charge in [-0.25, -0.2) is 4.98 Å². The Balaban J connectivity index is 1.33. The summed E-state index contributed by atoms with van der Waals surface area (Å²) >= 11 is 7.64. The van der Waals surface area contributed by atoms with Crippen molar-refractivity contribution < 1.29 is 9.59 Å². The van der Waals surface area contributed by atoms with Crippen LogP contribution in [0.3, 0.4) is 0 Å². The van der Waals surface area contributed by atoms with Crippen LogP contribution >= 0.6 is 22.9 Å². The Hall–Kier alpha value is -3.16. The van der Waals surface area contributed by atoms with E-state index < -0.39 is 0 Å². The number of fused-ring (bicyclic) bond motifs is 1. The minimum Gasteiger partial charge on any atom is -0.351 e. The van der Waals surface area contributed by atoms with Crippen LogP contribution in [-0.4, -0.2) is 28.3 Å². The summed E-state index contributed by atoms with van der Waals surface area (Å²) in [5.74, 6) is 0.468. The molecule has 30 heavy (non-hydrogen) atoms. The molecule has 4 rings (SSSR count). The molecule has 0 aliphatic rings. The predicted octanol–water partition coefficient (Wildman–Crippen LogP) is 5.09. The van der Waals surface area contributed by atoms with Gasteiger partial charge in [-0.05, 0) is 48.2 Å². The minimum atomic E-state index is -0.107. The molecule has 0 saturated heterocycles. The van der Waals surface area contributed by atoms with E-state index in [1.54, 1.807) is 6.07 Å². The fourth-order valence-electron chi connectivity index (χ4n) is 3.04. The quantitative estimate of drug-likeness (QED) is 0.351. The highest BCUT2D eigenvalue weighted by molar-refractivity contribution is 7.12. The maximum absolute atomic E-state index is 12.2. The van der Waals surface area contributed by atoms with Gasteiger partial charge < -0.3 is 15.6 Å². The largest absolute Gasteiger partial charge is 0.351 e. The molecule has 2 aromatic heterocycles. The van der Waals surface area contributed by atoms with Crippen molar-refractivity contribution in [3.05, 3.63) is 69.9 Å². The van der Waals surface area contributed by atoms with Gasteiger partial charge in [0.05, 0.1) is 20.9 Å². The molecule has 8 heteroatoms. The second kappa shape index (κ2) is 9.11. The van der Waals surface area contributed by atoms with E-state index in [1.807, 2.05) is 53.9 Å². The van der Waals surface area contributed by atoms with Crippen LogP contribution in [0, 0.1) is 0 Å². The maximum atomic E-state index is 12.2. The van der Waals surface area contributed by atoms with Gasteiger partial charge in [0.15, 0.2) is 0 Å². The summed E-state index contributed by atoms with van der Waals surface area (Å²) in [6, 6.07) is 16.6. The van der Waals surface area contributed by atoms with Gasteiger partial charge in [-0.3, -0.25) is 9.59 Å². The fraction of sp³-hybridized carbons (Fsp3) is 0.136. The van der Waals surface area contributed by atoms with Crippen molar-refractivity contribution in [2.24, 2.45) is 0 Å². The summed E-state index contributed by atoms with van der Waals surface area (Å²) in [5.41, 5.74) is 3.11. The summed E-state index contributed by atoms with van der Waals surface area (Å²) in [4.78, 5) is 32.6. The van der Waals surface area contributed by atoms with Gasteiger partial charge in [0.2, 0.25) is 5.91 Å². The van der Waals surface area contributed by atoms with Crippen LogP contribution < -0.4 is 10.6 Å². The lowest BCUT2D eigenvalue weighted by atomic mass is 10.2. The van der Waals surface area contributed by atoms with Crippen molar-refractivity contribution in [3.8, 4) is 11.4 Å². The average molecular weight is 439 g/mol. The zero-order valence-electron chi connectivity index (χ0n) is 15.9. The highest BCUT2D eigenvalue weighted by Gasteiger charge is 2.10. The van der Waals surface area contributed by atoms with E-state index in [0.29, 0.717) is 40.8 Å². The molecule has 0 atom stereocenters. The molecule has 152 valence electrons. The number of thiophene rings is 1. The molecule has 0 radical (unpaired) electrons. The second-order valence-corrected chi connectivity index (χ2v) is 8.04. The van der Waals surface area contributed by atoms with Crippen LogP contribution in [0.25, 0.3) is 22.4 Å². The van der Waals surface area contributed by atoms with E-state index in [4.69, 9.17) is 11.6 Å².